The Hall–Kier alpha value is -0.610. The molecule has 1 rings (SSSR count). The molecule has 2 N–H and O–H groups in total. The fraction of sp³-hybridized carbons (Fsp3) is 0.923. The molecule has 100 valence electrons. The fourth-order valence-electron chi connectivity index (χ4n) is 2.47. The van der Waals surface area contributed by atoms with Crippen LogP contribution in [0.2, 0.25) is 0 Å². The molecule has 0 aromatic heterocycles. The Labute approximate surface area is 104 Å². The van der Waals surface area contributed by atoms with Crippen LogP contribution in [0.4, 0.5) is 0 Å². The average Bonchev–Trinajstić information content (AvgIpc) is 2.29. The van der Waals surface area contributed by atoms with E-state index >= 15 is 0 Å². The van der Waals surface area contributed by atoms with Gasteiger partial charge in [0.25, 0.3) is 0 Å². The van der Waals surface area contributed by atoms with Gasteiger partial charge in [0, 0.05) is 19.2 Å². The molecule has 0 saturated carbocycles. The van der Waals surface area contributed by atoms with E-state index in [0.29, 0.717) is 12.5 Å². The molecule has 0 aromatic carbocycles. The van der Waals surface area contributed by atoms with Crippen molar-refractivity contribution in [3.05, 3.63) is 0 Å². The number of likely N-dealkylation sites (tertiary alicyclic amines) is 1. The topological polar surface area (TPSA) is 52.6 Å². The highest BCUT2D eigenvalue weighted by atomic mass is 16.3. The van der Waals surface area contributed by atoms with Gasteiger partial charge in [-0.05, 0) is 38.6 Å². The second-order valence-corrected chi connectivity index (χ2v) is 5.18. The van der Waals surface area contributed by atoms with E-state index < -0.39 is 0 Å². The van der Waals surface area contributed by atoms with Crippen LogP contribution in [0.15, 0.2) is 0 Å². The molecule has 2 unspecified atom stereocenters. The van der Waals surface area contributed by atoms with Crippen molar-refractivity contribution in [2.75, 3.05) is 26.2 Å². The van der Waals surface area contributed by atoms with Crippen LogP contribution in [0.25, 0.3) is 0 Å². The molecule has 1 aliphatic heterocycles. The SMILES string of the molecule is CCCC(C)NC(=O)CN1CCCC(CO)C1. The molecule has 4 nitrogen and oxygen atoms in total. The summed E-state index contributed by atoms with van der Waals surface area (Å²) in [5.74, 6) is 0.467. The van der Waals surface area contributed by atoms with E-state index in [-0.39, 0.29) is 18.6 Å². The first-order chi connectivity index (χ1) is 8.15. The van der Waals surface area contributed by atoms with Gasteiger partial charge in [-0.3, -0.25) is 9.69 Å². The van der Waals surface area contributed by atoms with Gasteiger partial charge in [-0.2, -0.15) is 0 Å². The summed E-state index contributed by atoms with van der Waals surface area (Å²) in [5.41, 5.74) is 0. The quantitative estimate of drug-likeness (QED) is 0.730. The van der Waals surface area contributed by atoms with Crippen molar-refractivity contribution in [3.8, 4) is 0 Å². The lowest BCUT2D eigenvalue weighted by atomic mass is 9.99. The first-order valence-electron chi connectivity index (χ1n) is 6.78. The van der Waals surface area contributed by atoms with Gasteiger partial charge in [-0.1, -0.05) is 13.3 Å². The highest BCUT2D eigenvalue weighted by molar-refractivity contribution is 5.78. The van der Waals surface area contributed by atoms with E-state index in [9.17, 15) is 4.79 Å². The zero-order valence-electron chi connectivity index (χ0n) is 11.1. The van der Waals surface area contributed by atoms with Gasteiger partial charge in [0.15, 0.2) is 0 Å². The number of nitrogens with zero attached hydrogens (tertiary/aromatic N) is 1. The number of aliphatic hydroxyl groups is 1. The molecule has 1 heterocycles. The van der Waals surface area contributed by atoms with Crippen LogP contribution in [0, 0.1) is 5.92 Å². The summed E-state index contributed by atoms with van der Waals surface area (Å²) >= 11 is 0. The smallest absolute Gasteiger partial charge is 0.234 e. The van der Waals surface area contributed by atoms with E-state index in [2.05, 4.69) is 17.1 Å². The normalized spacial score (nSPS) is 23.4. The van der Waals surface area contributed by atoms with Crippen LogP contribution in [-0.4, -0.2) is 48.2 Å². The summed E-state index contributed by atoms with van der Waals surface area (Å²) in [7, 11) is 0. The maximum atomic E-state index is 11.8. The minimum absolute atomic E-state index is 0.115. The molecule has 1 saturated heterocycles. The van der Waals surface area contributed by atoms with Crippen LogP contribution >= 0.6 is 0 Å². The highest BCUT2D eigenvalue weighted by Crippen LogP contribution is 2.15. The Morgan fingerprint density at radius 3 is 3.00 bits per heavy atom. The molecule has 4 heteroatoms. The fourth-order valence-corrected chi connectivity index (χ4v) is 2.47. The number of hydrogen-bond acceptors (Lipinski definition) is 3. The van der Waals surface area contributed by atoms with E-state index in [1.807, 2.05) is 6.92 Å². The Kier molecular flexibility index (Phi) is 6.52. The molecule has 1 fully saturated rings. The largest absolute Gasteiger partial charge is 0.396 e. The number of hydrogen-bond donors (Lipinski definition) is 2. The third kappa shape index (κ3) is 5.50. The van der Waals surface area contributed by atoms with Crippen molar-refractivity contribution < 1.29 is 9.90 Å². The average molecular weight is 242 g/mol. The van der Waals surface area contributed by atoms with Crippen molar-refractivity contribution in [3.63, 3.8) is 0 Å². The number of carbonyl (C=O) groups excluding carboxylic acids is 1. The lowest BCUT2D eigenvalue weighted by Gasteiger charge is -2.31. The maximum absolute atomic E-state index is 11.8. The molecule has 0 aliphatic carbocycles. The van der Waals surface area contributed by atoms with E-state index in [1.54, 1.807) is 0 Å². The second-order valence-electron chi connectivity index (χ2n) is 5.18. The minimum atomic E-state index is 0.115. The van der Waals surface area contributed by atoms with Gasteiger partial charge in [0.05, 0.1) is 6.54 Å². The van der Waals surface area contributed by atoms with Gasteiger partial charge in [-0.15, -0.1) is 0 Å². The molecule has 1 amide bonds. The first kappa shape index (κ1) is 14.5. The van der Waals surface area contributed by atoms with Gasteiger partial charge >= 0.3 is 0 Å². The Morgan fingerprint density at radius 2 is 2.35 bits per heavy atom. The first-order valence-corrected chi connectivity index (χ1v) is 6.78. The van der Waals surface area contributed by atoms with Crippen molar-refractivity contribution in [1.29, 1.82) is 0 Å². The third-order valence-electron chi connectivity index (χ3n) is 3.36. The van der Waals surface area contributed by atoms with Crippen molar-refractivity contribution in [2.45, 2.75) is 45.6 Å². The summed E-state index contributed by atoms with van der Waals surface area (Å²) in [6, 6.07) is 0.269. The Bertz CT molecular complexity index is 233. The molecular weight excluding hydrogens is 216 g/mol. The number of carbonyl (C=O) groups is 1. The summed E-state index contributed by atoms with van der Waals surface area (Å²) in [5, 5.41) is 12.1. The van der Waals surface area contributed by atoms with Gasteiger partial charge in [0.2, 0.25) is 5.91 Å². The van der Waals surface area contributed by atoms with Crippen molar-refractivity contribution in [2.24, 2.45) is 5.92 Å². The molecule has 0 aromatic rings. The maximum Gasteiger partial charge on any atom is 0.234 e. The van der Waals surface area contributed by atoms with E-state index in [0.717, 1.165) is 38.8 Å². The lowest BCUT2D eigenvalue weighted by Crippen LogP contribution is -2.45. The summed E-state index contributed by atoms with van der Waals surface area (Å²) < 4.78 is 0. The molecule has 0 spiro atoms. The van der Waals surface area contributed by atoms with Gasteiger partial charge < -0.3 is 10.4 Å². The molecule has 0 bridgehead atoms. The molecule has 0 radical (unpaired) electrons. The van der Waals surface area contributed by atoms with E-state index in [1.165, 1.54) is 0 Å². The Balaban J connectivity index is 2.25. The highest BCUT2D eigenvalue weighted by Gasteiger charge is 2.21. The third-order valence-corrected chi connectivity index (χ3v) is 3.36. The molecule has 1 aliphatic rings. The van der Waals surface area contributed by atoms with E-state index in [4.69, 9.17) is 5.11 Å². The second kappa shape index (κ2) is 7.67. The van der Waals surface area contributed by atoms with Crippen LogP contribution in [0.5, 0.6) is 0 Å². The van der Waals surface area contributed by atoms with Crippen molar-refractivity contribution >= 4 is 5.91 Å². The molecule has 17 heavy (non-hydrogen) atoms. The number of aliphatic hydroxyl groups excluding tert-OH is 1. The summed E-state index contributed by atoms with van der Waals surface area (Å²) in [6.45, 7) is 6.72. The lowest BCUT2D eigenvalue weighted by molar-refractivity contribution is -0.123. The zero-order chi connectivity index (χ0) is 12.7. The number of nitrogens with one attached hydrogen (secondary N) is 1. The van der Waals surface area contributed by atoms with Crippen molar-refractivity contribution in [1.82, 2.24) is 10.2 Å². The predicted octanol–water partition coefficient (Wildman–Crippen LogP) is 0.995. The van der Waals surface area contributed by atoms with Crippen LogP contribution in [0.3, 0.4) is 0 Å². The van der Waals surface area contributed by atoms with Gasteiger partial charge in [-0.25, -0.2) is 0 Å². The molecular formula is C13H26N2O2. The van der Waals surface area contributed by atoms with Crippen LogP contribution < -0.4 is 5.32 Å². The Morgan fingerprint density at radius 1 is 1.59 bits per heavy atom. The summed E-state index contributed by atoms with van der Waals surface area (Å²) in [6.07, 6.45) is 4.30. The van der Waals surface area contributed by atoms with Crippen LogP contribution in [-0.2, 0) is 4.79 Å². The number of amides is 1. The zero-order valence-corrected chi connectivity index (χ0v) is 11.1. The minimum Gasteiger partial charge on any atom is -0.396 e. The number of rotatable bonds is 6. The van der Waals surface area contributed by atoms with Gasteiger partial charge in [0.1, 0.15) is 0 Å². The predicted molar refractivity (Wildman–Crippen MR) is 68.8 cm³/mol. The standard InChI is InChI=1S/C13H26N2O2/c1-3-5-11(2)14-13(17)9-15-7-4-6-12(8-15)10-16/h11-12,16H,3-10H2,1-2H3,(H,14,17). The summed E-state index contributed by atoms with van der Waals surface area (Å²) in [4.78, 5) is 13.9. The van der Waals surface area contributed by atoms with Crippen LogP contribution in [0.1, 0.15) is 39.5 Å². The monoisotopic (exact) mass is 242 g/mol. The number of piperidine rings is 1. The molecule has 2 atom stereocenters.